The highest BCUT2D eigenvalue weighted by atomic mass is 19.1. The van der Waals surface area contributed by atoms with E-state index in [4.69, 9.17) is 0 Å². The van der Waals surface area contributed by atoms with Crippen molar-refractivity contribution >= 4 is 0 Å². The standard InChI is InChI=1S/C7H15F.C2H5F.CH3F.2CH4/c1-3-7(4-2)5-6-8;1-2-3;1-2;;/h7H,3-6H2,1-2H3;2H2,1H3;1H3;2*1H4. The third kappa shape index (κ3) is 41.6. The van der Waals surface area contributed by atoms with E-state index < -0.39 is 0 Å². The molecule has 0 radical (unpaired) electrons. The molecule has 0 aliphatic rings. The highest BCUT2D eigenvalue weighted by molar-refractivity contribution is 4.52. The summed E-state index contributed by atoms with van der Waals surface area (Å²) >= 11 is 0. The van der Waals surface area contributed by atoms with E-state index in [1.165, 1.54) is 6.92 Å². The van der Waals surface area contributed by atoms with Crippen molar-refractivity contribution in [3.8, 4) is 0 Å². The summed E-state index contributed by atoms with van der Waals surface area (Å²) in [6, 6.07) is 0. The Morgan fingerprint density at radius 1 is 0.867 bits per heavy atom. The van der Waals surface area contributed by atoms with Crippen LogP contribution in [0.5, 0.6) is 0 Å². The molecule has 0 N–H and O–H groups in total. The number of hydrogen-bond acceptors (Lipinski definition) is 0. The number of rotatable bonds is 4. The molecule has 0 saturated carbocycles. The first-order valence-electron chi connectivity index (χ1n) is 4.76. The second-order valence-electron chi connectivity index (χ2n) is 2.43. The fraction of sp³-hybridized carbons (Fsp3) is 1.00. The molecular formula is C12H31F3. The zero-order valence-corrected chi connectivity index (χ0v) is 9.25. The molecule has 15 heavy (non-hydrogen) atoms. The van der Waals surface area contributed by atoms with E-state index in [-0.39, 0.29) is 28.2 Å². The molecule has 0 bridgehead atoms. The lowest BCUT2D eigenvalue weighted by Gasteiger charge is -2.06. The molecule has 0 heterocycles. The Hall–Kier alpha value is -0.210. The van der Waals surface area contributed by atoms with E-state index in [9.17, 15) is 13.2 Å². The van der Waals surface area contributed by atoms with Gasteiger partial charge >= 0.3 is 0 Å². The van der Waals surface area contributed by atoms with Crippen molar-refractivity contribution in [2.45, 2.75) is 54.9 Å². The van der Waals surface area contributed by atoms with Crippen LogP contribution >= 0.6 is 0 Å². The van der Waals surface area contributed by atoms with E-state index in [0.717, 1.165) is 19.3 Å². The van der Waals surface area contributed by atoms with Crippen molar-refractivity contribution in [3.63, 3.8) is 0 Å². The zero-order chi connectivity index (χ0) is 11.1. The lowest BCUT2D eigenvalue weighted by molar-refractivity contribution is 0.371. The fourth-order valence-corrected chi connectivity index (χ4v) is 0.851. The van der Waals surface area contributed by atoms with E-state index in [0.29, 0.717) is 13.1 Å². The van der Waals surface area contributed by atoms with Gasteiger partial charge in [-0.2, -0.15) is 0 Å². The van der Waals surface area contributed by atoms with Gasteiger partial charge in [0.2, 0.25) is 0 Å². The molecule has 0 fully saturated rings. The Labute approximate surface area is 95.3 Å². The summed E-state index contributed by atoms with van der Waals surface area (Å²) in [5, 5.41) is 0. The second kappa shape index (κ2) is 37.2. The van der Waals surface area contributed by atoms with Crippen LogP contribution in [0.4, 0.5) is 13.2 Å². The Kier molecular flexibility index (Phi) is 72.7. The van der Waals surface area contributed by atoms with Crippen LogP contribution in [0.25, 0.3) is 0 Å². The molecule has 0 rings (SSSR count). The lowest BCUT2D eigenvalue weighted by Crippen LogP contribution is -1.96. The van der Waals surface area contributed by atoms with E-state index in [1.54, 1.807) is 0 Å². The summed E-state index contributed by atoms with van der Waals surface area (Å²) in [6.45, 7) is 5.29. The fourth-order valence-electron chi connectivity index (χ4n) is 0.851. The first-order chi connectivity index (χ1) is 6.26. The molecule has 0 atom stereocenters. The first kappa shape index (κ1) is 29.3. The maximum atomic E-state index is 11.6. The van der Waals surface area contributed by atoms with Gasteiger partial charge in [0, 0.05) is 0 Å². The predicted molar refractivity (Wildman–Crippen MR) is 66.8 cm³/mol. The summed E-state index contributed by atoms with van der Waals surface area (Å²) in [5.74, 6) is 0.625. The summed E-state index contributed by atoms with van der Waals surface area (Å²) in [6.07, 6.45) is 3.01. The van der Waals surface area contributed by atoms with Gasteiger partial charge in [0.15, 0.2) is 0 Å². The Morgan fingerprint density at radius 3 is 1.20 bits per heavy atom. The molecule has 0 aliphatic carbocycles. The number of halogens is 3. The summed E-state index contributed by atoms with van der Waals surface area (Å²) in [7, 11) is 0.500. The van der Waals surface area contributed by atoms with Crippen LogP contribution in [0.3, 0.4) is 0 Å². The monoisotopic (exact) mass is 232 g/mol. The van der Waals surface area contributed by atoms with Crippen LogP contribution in [0.15, 0.2) is 0 Å². The van der Waals surface area contributed by atoms with Gasteiger partial charge in [0.1, 0.15) is 0 Å². The van der Waals surface area contributed by atoms with E-state index >= 15 is 0 Å². The molecule has 0 spiro atoms. The molecule has 0 aromatic heterocycles. The van der Waals surface area contributed by atoms with Crippen molar-refractivity contribution in [1.29, 1.82) is 0 Å². The van der Waals surface area contributed by atoms with Crippen molar-refractivity contribution in [1.82, 2.24) is 0 Å². The van der Waals surface area contributed by atoms with Gasteiger partial charge in [0.25, 0.3) is 0 Å². The van der Waals surface area contributed by atoms with Crippen molar-refractivity contribution in [2.24, 2.45) is 5.92 Å². The minimum absolute atomic E-state index is 0. The molecular weight excluding hydrogens is 201 g/mol. The topological polar surface area (TPSA) is 0 Å². The van der Waals surface area contributed by atoms with Gasteiger partial charge in [-0.3, -0.25) is 13.2 Å². The van der Waals surface area contributed by atoms with Crippen molar-refractivity contribution < 1.29 is 13.2 Å². The third-order valence-corrected chi connectivity index (χ3v) is 1.67. The molecule has 3 heteroatoms. The quantitative estimate of drug-likeness (QED) is 0.590. The Balaban J connectivity index is -0.0000000415. The Morgan fingerprint density at radius 2 is 1.13 bits per heavy atom. The van der Waals surface area contributed by atoms with Crippen molar-refractivity contribution in [2.75, 3.05) is 20.5 Å². The van der Waals surface area contributed by atoms with E-state index in [1.807, 2.05) is 0 Å². The summed E-state index contributed by atoms with van der Waals surface area (Å²) in [4.78, 5) is 0. The van der Waals surface area contributed by atoms with Crippen LogP contribution < -0.4 is 0 Å². The summed E-state index contributed by atoms with van der Waals surface area (Å²) in [5.41, 5.74) is 0. The SMILES string of the molecule is C.C.CCC(CC)CCF.CCF.CF. The summed E-state index contributed by atoms with van der Waals surface area (Å²) < 4.78 is 31.4. The molecule has 0 aromatic carbocycles. The second-order valence-corrected chi connectivity index (χ2v) is 2.43. The molecule has 0 aliphatic heterocycles. The highest BCUT2D eigenvalue weighted by Gasteiger charge is 2.00. The molecule has 0 unspecified atom stereocenters. The predicted octanol–water partition coefficient (Wildman–Crippen LogP) is 5.62. The molecule has 100 valence electrons. The molecule has 0 saturated heterocycles. The highest BCUT2D eigenvalue weighted by Crippen LogP contribution is 2.11. The normalized spacial score (nSPS) is 7.20. The van der Waals surface area contributed by atoms with Crippen LogP contribution in [0.1, 0.15) is 54.9 Å². The molecule has 0 amide bonds. The van der Waals surface area contributed by atoms with Gasteiger partial charge in [-0.05, 0) is 19.3 Å². The maximum Gasteiger partial charge on any atom is 0.0897 e. The van der Waals surface area contributed by atoms with Gasteiger partial charge in [0.05, 0.1) is 20.5 Å². The lowest BCUT2D eigenvalue weighted by atomic mass is 10.0. The molecule has 0 aromatic rings. The van der Waals surface area contributed by atoms with Gasteiger partial charge in [-0.25, -0.2) is 0 Å². The average molecular weight is 232 g/mol. The minimum Gasteiger partial charge on any atom is -0.255 e. The zero-order valence-electron chi connectivity index (χ0n) is 9.25. The van der Waals surface area contributed by atoms with Crippen LogP contribution in [-0.4, -0.2) is 20.5 Å². The Bertz CT molecular complexity index is 54.8. The third-order valence-electron chi connectivity index (χ3n) is 1.67. The van der Waals surface area contributed by atoms with Gasteiger partial charge < -0.3 is 0 Å². The van der Waals surface area contributed by atoms with Crippen LogP contribution in [-0.2, 0) is 0 Å². The smallest absolute Gasteiger partial charge is 0.0897 e. The van der Waals surface area contributed by atoms with Crippen LogP contribution in [0, 0.1) is 5.92 Å². The largest absolute Gasteiger partial charge is 0.255 e. The maximum absolute atomic E-state index is 11.6. The average Bonchev–Trinajstić information content (AvgIpc) is 2.18. The van der Waals surface area contributed by atoms with E-state index in [2.05, 4.69) is 13.8 Å². The first-order valence-corrected chi connectivity index (χ1v) is 4.76. The van der Waals surface area contributed by atoms with Crippen LogP contribution in [0.2, 0.25) is 0 Å². The van der Waals surface area contributed by atoms with Crippen molar-refractivity contribution in [3.05, 3.63) is 0 Å². The van der Waals surface area contributed by atoms with Gasteiger partial charge in [-0.15, -0.1) is 0 Å². The minimum atomic E-state index is -0.250. The van der Waals surface area contributed by atoms with Gasteiger partial charge in [-0.1, -0.05) is 41.5 Å². The number of alkyl halides is 3. The number of hydrogen-bond donors (Lipinski definition) is 0. The molecule has 0 nitrogen and oxygen atoms in total.